The zero-order chi connectivity index (χ0) is 21.0. The molecule has 0 bridgehead atoms. The fourth-order valence-corrected chi connectivity index (χ4v) is 2.35. The van der Waals surface area contributed by atoms with Crippen molar-refractivity contribution in [1.29, 1.82) is 0 Å². The summed E-state index contributed by atoms with van der Waals surface area (Å²) in [5.41, 5.74) is -0.794. The number of anilines is 1. The Labute approximate surface area is 160 Å². The van der Waals surface area contributed by atoms with Crippen molar-refractivity contribution < 1.29 is 31.5 Å². The highest BCUT2D eigenvalue weighted by Gasteiger charge is 2.30. The second-order valence-electron chi connectivity index (χ2n) is 5.64. The van der Waals surface area contributed by atoms with E-state index in [1.54, 1.807) is 0 Å². The maximum atomic E-state index is 12.8. The average molecular weight is 413 g/mol. The molecule has 0 unspecified atom stereocenters. The van der Waals surface area contributed by atoms with E-state index in [0.29, 0.717) is 0 Å². The lowest BCUT2D eigenvalue weighted by Gasteiger charge is -2.11. The van der Waals surface area contributed by atoms with Gasteiger partial charge >= 0.3 is 12.8 Å². The summed E-state index contributed by atoms with van der Waals surface area (Å²) < 4.78 is 67.6. The zero-order valence-electron chi connectivity index (χ0n) is 14.4. The number of rotatable bonds is 6. The minimum atomic E-state index is -4.53. The molecule has 29 heavy (non-hydrogen) atoms. The van der Waals surface area contributed by atoms with Crippen molar-refractivity contribution >= 4 is 11.6 Å². The lowest BCUT2D eigenvalue weighted by molar-refractivity contribution is -0.137. The molecule has 0 aliphatic rings. The second kappa shape index (κ2) is 8.20. The molecule has 152 valence electrons. The molecule has 0 atom stereocenters. The standard InChI is InChI=1S/C17H12F5N5O2/c18-16(19)29-13-7-2-1-6-12(13)23-14(28)9-27-25-15(24-26-27)10-4-3-5-11(8-10)17(20,21)22/h1-8,16H,9H2,(H,23,28). The molecular weight excluding hydrogens is 401 g/mol. The zero-order valence-corrected chi connectivity index (χ0v) is 14.4. The van der Waals surface area contributed by atoms with Gasteiger partial charge in [0.2, 0.25) is 11.7 Å². The third kappa shape index (κ3) is 5.24. The third-order valence-electron chi connectivity index (χ3n) is 3.56. The highest BCUT2D eigenvalue weighted by Crippen LogP contribution is 2.31. The van der Waals surface area contributed by atoms with E-state index in [4.69, 9.17) is 0 Å². The molecule has 1 heterocycles. The number of aromatic nitrogens is 4. The largest absolute Gasteiger partial charge is 0.433 e. The molecule has 0 aliphatic heterocycles. The molecule has 0 spiro atoms. The SMILES string of the molecule is O=C(Cn1nnc(-c2cccc(C(F)(F)F)c2)n1)Nc1ccccc1OC(F)F. The van der Waals surface area contributed by atoms with Gasteiger partial charge < -0.3 is 10.1 Å². The number of benzene rings is 2. The van der Waals surface area contributed by atoms with E-state index in [-0.39, 0.29) is 22.8 Å². The van der Waals surface area contributed by atoms with Crippen LogP contribution >= 0.6 is 0 Å². The van der Waals surface area contributed by atoms with Crippen molar-refractivity contribution in [3.63, 3.8) is 0 Å². The molecular formula is C17H12F5N5O2. The van der Waals surface area contributed by atoms with Gasteiger partial charge in [-0.05, 0) is 29.5 Å². The van der Waals surface area contributed by atoms with Gasteiger partial charge in [0, 0.05) is 5.56 Å². The molecule has 3 aromatic rings. The minimum Gasteiger partial charge on any atom is -0.433 e. The number of halogens is 5. The summed E-state index contributed by atoms with van der Waals surface area (Å²) >= 11 is 0. The summed E-state index contributed by atoms with van der Waals surface area (Å²) in [6.45, 7) is -3.52. The van der Waals surface area contributed by atoms with Crippen LogP contribution in [0, 0.1) is 0 Å². The second-order valence-corrected chi connectivity index (χ2v) is 5.64. The number of amides is 1. The number of hydrogen-bond donors (Lipinski definition) is 1. The number of ether oxygens (including phenoxy) is 1. The van der Waals surface area contributed by atoms with E-state index in [1.165, 1.54) is 36.4 Å². The van der Waals surface area contributed by atoms with Crippen LogP contribution in [0.15, 0.2) is 48.5 Å². The smallest absolute Gasteiger partial charge is 0.416 e. The predicted molar refractivity (Wildman–Crippen MR) is 90.0 cm³/mol. The van der Waals surface area contributed by atoms with Crippen LogP contribution in [0.25, 0.3) is 11.4 Å². The Hall–Kier alpha value is -3.57. The molecule has 12 heteroatoms. The maximum absolute atomic E-state index is 12.8. The van der Waals surface area contributed by atoms with E-state index in [9.17, 15) is 26.7 Å². The molecule has 1 N–H and O–H groups in total. The lowest BCUT2D eigenvalue weighted by Crippen LogP contribution is -2.21. The highest BCUT2D eigenvalue weighted by molar-refractivity contribution is 5.92. The maximum Gasteiger partial charge on any atom is 0.416 e. The number of para-hydroxylation sites is 2. The lowest BCUT2D eigenvalue weighted by atomic mass is 10.1. The first-order valence-corrected chi connectivity index (χ1v) is 8.01. The first kappa shape index (κ1) is 20.2. The summed E-state index contributed by atoms with van der Waals surface area (Å²) in [6.07, 6.45) is -4.53. The molecule has 0 saturated carbocycles. The quantitative estimate of drug-likeness (QED) is 0.625. The van der Waals surface area contributed by atoms with E-state index in [1.807, 2.05) is 0 Å². The molecule has 7 nitrogen and oxygen atoms in total. The summed E-state index contributed by atoms with van der Waals surface area (Å²) in [5, 5.41) is 13.5. The van der Waals surface area contributed by atoms with Crippen molar-refractivity contribution in [1.82, 2.24) is 20.2 Å². The van der Waals surface area contributed by atoms with Crippen molar-refractivity contribution in [2.75, 3.05) is 5.32 Å². The summed E-state index contributed by atoms with van der Waals surface area (Å²) in [6, 6.07) is 9.90. The van der Waals surface area contributed by atoms with Crippen molar-refractivity contribution in [3.8, 4) is 17.1 Å². The monoisotopic (exact) mass is 413 g/mol. The number of tetrazole rings is 1. The molecule has 0 fully saturated rings. The number of nitrogens with one attached hydrogen (secondary N) is 1. The topological polar surface area (TPSA) is 81.9 Å². The fourth-order valence-electron chi connectivity index (χ4n) is 2.35. The fraction of sp³-hybridized carbons (Fsp3) is 0.176. The first-order valence-electron chi connectivity index (χ1n) is 8.01. The summed E-state index contributed by atoms with van der Waals surface area (Å²) in [7, 11) is 0. The number of alkyl halides is 5. The van der Waals surface area contributed by atoms with Gasteiger partial charge in [-0.1, -0.05) is 24.3 Å². The molecule has 0 aliphatic carbocycles. The Morgan fingerprint density at radius 2 is 1.90 bits per heavy atom. The Kier molecular flexibility index (Phi) is 5.71. The van der Waals surface area contributed by atoms with Gasteiger partial charge in [0.15, 0.2) is 0 Å². The first-order chi connectivity index (χ1) is 13.7. The van der Waals surface area contributed by atoms with Crippen molar-refractivity contribution in [2.45, 2.75) is 19.3 Å². The van der Waals surface area contributed by atoms with Crippen LogP contribution in [0.2, 0.25) is 0 Å². The van der Waals surface area contributed by atoms with E-state index < -0.39 is 30.8 Å². The third-order valence-corrected chi connectivity index (χ3v) is 3.56. The number of carbonyl (C=O) groups excluding carboxylic acids is 1. The van der Waals surface area contributed by atoms with Gasteiger partial charge in [0.25, 0.3) is 0 Å². The van der Waals surface area contributed by atoms with Gasteiger partial charge in [-0.2, -0.15) is 26.7 Å². The number of carbonyl (C=O) groups is 1. The van der Waals surface area contributed by atoms with Crippen LogP contribution in [0.3, 0.4) is 0 Å². The Balaban J connectivity index is 1.70. The van der Waals surface area contributed by atoms with Gasteiger partial charge in [-0.3, -0.25) is 4.79 Å². The number of hydrogen-bond acceptors (Lipinski definition) is 5. The van der Waals surface area contributed by atoms with Crippen molar-refractivity contribution in [2.24, 2.45) is 0 Å². The normalized spacial score (nSPS) is 11.5. The Bertz CT molecular complexity index is 1010. The predicted octanol–water partition coefficient (Wildman–Crippen LogP) is 3.60. The van der Waals surface area contributed by atoms with Crippen LogP contribution in [-0.2, 0) is 17.5 Å². The molecule has 1 amide bonds. The average Bonchev–Trinajstić information content (AvgIpc) is 3.11. The van der Waals surface area contributed by atoms with Gasteiger partial charge in [0.05, 0.1) is 11.3 Å². The van der Waals surface area contributed by atoms with Crippen LogP contribution < -0.4 is 10.1 Å². The molecule has 1 aromatic heterocycles. The Morgan fingerprint density at radius 1 is 1.14 bits per heavy atom. The van der Waals surface area contributed by atoms with Crippen LogP contribution in [0.5, 0.6) is 5.75 Å². The molecule has 2 aromatic carbocycles. The Morgan fingerprint density at radius 3 is 2.62 bits per heavy atom. The molecule has 0 radical (unpaired) electrons. The van der Waals surface area contributed by atoms with Crippen LogP contribution in [0.1, 0.15) is 5.56 Å². The summed E-state index contributed by atoms with van der Waals surface area (Å²) in [5.74, 6) is -1.01. The number of nitrogens with zero attached hydrogens (tertiary/aromatic N) is 4. The minimum absolute atomic E-state index is 0.0102. The van der Waals surface area contributed by atoms with Crippen molar-refractivity contribution in [3.05, 3.63) is 54.1 Å². The van der Waals surface area contributed by atoms with E-state index >= 15 is 0 Å². The highest BCUT2D eigenvalue weighted by atomic mass is 19.4. The van der Waals surface area contributed by atoms with Gasteiger partial charge in [-0.15, -0.1) is 10.2 Å². The van der Waals surface area contributed by atoms with E-state index in [0.717, 1.165) is 16.9 Å². The molecule has 0 saturated heterocycles. The summed E-state index contributed by atoms with van der Waals surface area (Å²) in [4.78, 5) is 13.0. The van der Waals surface area contributed by atoms with Crippen LogP contribution in [0.4, 0.5) is 27.6 Å². The van der Waals surface area contributed by atoms with E-state index in [2.05, 4.69) is 25.5 Å². The van der Waals surface area contributed by atoms with Gasteiger partial charge in [0.1, 0.15) is 12.3 Å². The van der Waals surface area contributed by atoms with Gasteiger partial charge in [-0.25, -0.2) is 0 Å². The van der Waals surface area contributed by atoms with Crippen LogP contribution in [-0.4, -0.2) is 32.7 Å². The molecule has 3 rings (SSSR count).